The molecular weight excluding hydrogens is 335 g/mol. The summed E-state index contributed by atoms with van der Waals surface area (Å²) < 4.78 is 14.1. The fourth-order valence-electron chi connectivity index (χ4n) is 1.67. The average molecular weight is 345 g/mol. The number of aromatic carboxylic acids is 1. The van der Waals surface area contributed by atoms with E-state index in [0.717, 1.165) is 21.6 Å². The van der Waals surface area contributed by atoms with Crippen molar-refractivity contribution in [3.63, 3.8) is 0 Å². The molecule has 0 saturated heterocycles. The maximum atomic E-state index is 13.1. The van der Waals surface area contributed by atoms with Crippen LogP contribution in [0.3, 0.4) is 0 Å². The average Bonchev–Trinajstić information content (AvgIpc) is 2.74. The van der Waals surface area contributed by atoms with Crippen LogP contribution in [-0.4, -0.2) is 23.1 Å². The first-order valence-electron chi connectivity index (χ1n) is 5.30. The molecule has 0 fully saturated rings. The molecule has 1 N–H and O–H groups in total. The van der Waals surface area contributed by atoms with E-state index in [1.54, 1.807) is 23.3 Å². The molecule has 2 aromatic heterocycles. The Morgan fingerprint density at radius 3 is 2.89 bits per heavy atom. The minimum absolute atomic E-state index is 0.142. The van der Waals surface area contributed by atoms with Crippen LogP contribution in [0.2, 0.25) is 0 Å². The van der Waals surface area contributed by atoms with Gasteiger partial charge in [-0.05, 0) is 39.0 Å². The lowest BCUT2D eigenvalue weighted by atomic mass is 10.2. The van der Waals surface area contributed by atoms with Crippen molar-refractivity contribution in [3.8, 4) is 0 Å². The standard InChI is InChI=1S/C12H10BrFN2O2S/c1-16(5-7-2-10(13)19-6-7)11-9(12(17)18)3-8(14)4-15-11/h2-4,6H,5H2,1H3,(H,17,18). The highest BCUT2D eigenvalue weighted by atomic mass is 79.9. The summed E-state index contributed by atoms with van der Waals surface area (Å²) in [6.45, 7) is 0.501. The number of hydrogen-bond acceptors (Lipinski definition) is 4. The van der Waals surface area contributed by atoms with Gasteiger partial charge in [0, 0.05) is 13.6 Å². The van der Waals surface area contributed by atoms with Crippen molar-refractivity contribution in [1.82, 2.24) is 4.98 Å². The van der Waals surface area contributed by atoms with Crippen molar-refractivity contribution in [2.45, 2.75) is 6.54 Å². The first kappa shape index (κ1) is 14.0. The lowest BCUT2D eigenvalue weighted by molar-refractivity contribution is 0.0696. The minimum Gasteiger partial charge on any atom is -0.478 e. The molecule has 0 aliphatic rings. The Hall–Kier alpha value is -1.47. The van der Waals surface area contributed by atoms with Gasteiger partial charge in [-0.15, -0.1) is 11.3 Å². The third-order valence-electron chi connectivity index (χ3n) is 2.47. The number of carboxylic acid groups (broad SMARTS) is 1. The van der Waals surface area contributed by atoms with Crippen LogP contribution in [-0.2, 0) is 6.54 Å². The molecule has 0 amide bonds. The van der Waals surface area contributed by atoms with Gasteiger partial charge in [0.1, 0.15) is 17.2 Å². The van der Waals surface area contributed by atoms with Crippen molar-refractivity contribution < 1.29 is 14.3 Å². The minimum atomic E-state index is -1.19. The number of aromatic nitrogens is 1. The highest BCUT2D eigenvalue weighted by molar-refractivity contribution is 9.11. The molecule has 0 unspecified atom stereocenters. The van der Waals surface area contributed by atoms with Crippen LogP contribution in [0, 0.1) is 5.82 Å². The van der Waals surface area contributed by atoms with E-state index in [0.29, 0.717) is 6.54 Å². The van der Waals surface area contributed by atoms with Crippen LogP contribution in [0.25, 0.3) is 0 Å². The lowest BCUT2D eigenvalue weighted by Gasteiger charge is -2.19. The highest BCUT2D eigenvalue weighted by Gasteiger charge is 2.16. The fourth-order valence-corrected chi connectivity index (χ4v) is 2.87. The normalized spacial score (nSPS) is 10.5. The fraction of sp³-hybridized carbons (Fsp3) is 0.167. The van der Waals surface area contributed by atoms with Gasteiger partial charge in [-0.1, -0.05) is 0 Å². The number of anilines is 1. The molecule has 100 valence electrons. The molecule has 0 aromatic carbocycles. The van der Waals surface area contributed by atoms with Gasteiger partial charge in [0.05, 0.1) is 9.98 Å². The van der Waals surface area contributed by atoms with Gasteiger partial charge < -0.3 is 10.0 Å². The summed E-state index contributed by atoms with van der Waals surface area (Å²) in [6, 6.07) is 2.93. The van der Waals surface area contributed by atoms with E-state index in [1.165, 1.54) is 0 Å². The Morgan fingerprint density at radius 2 is 2.32 bits per heavy atom. The first-order chi connectivity index (χ1) is 8.97. The summed E-state index contributed by atoms with van der Waals surface area (Å²) in [5.74, 6) is -1.61. The van der Waals surface area contributed by atoms with E-state index in [-0.39, 0.29) is 11.4 Å². The van der Waals surface area contributed by atoms with Gasteiger partial charge in [0.15, 0.2) is 0 Å². The third-order valence-corrected chi connectivity index (χ3v) is 4.02. The summed E-state index contributed by atoms with van der Waals surface area (Å²) in [5, 5.41) is 11.0. The van der Waals surface area contributed by atoms with Gasteiger partial charge in [-0.25, -0.2) is 14.2 Å². The summed E-state index contributed by atoms with van der Waals surface area (Å²) >= 11 is 4.91. The maximum Gasteiger partial charge on any atom is 0.339 e. The van der Waals surface area contributed by atoms with Crippen LogP contribution in [0.5, 0.6) is 0 Å². The SMILES string of the molecule is CN(Cc1csc(Br)c1)c1ncc(F)cc1C(=O)O. The number of rotatable bonds is 4. The summed E-state index contributed by atoms with van der Waals surface area (Å²) in [5.41, 5.74) is 0.888. The van der Waals surface area contributed by atoms with E-state index in [4.69, 9.17) is 5.11 Å². The van der Waals surface area contributed by atoms with Gasteiger partial charge in [-0.2, -0.15) is 0 Å². The largest absolute Gasteiger partial charge is 0.478 e. The van der Waals surface area contributed by atoms with Crippen molar-refractivity contribution in [3.05, 3.63) is 44.4 Å². The quantitative estimate of drug-likeness (QED) is 0.923. The molecule has 2 heterocycles. The molecule has 2 aromatic rings. The number of thiophene rings is 1. The van der Waals surface area contributed by atoms with Crippen molar-refractivity contribution in [2.75, 3.05) is 11.9 Å². The zero-order chi connectivity index (χ0) is 14.0. The topological polar surface area (TPSA) is 53.4 Å². The number of carbonyl (C=O) groups is 1. The molecule has 7 heteroatoms. The second-order valence-electron chi connectivity index (χ2n) is 3.94. The van der Waals surface area contributed by atoms with Crippen LogP contribution in [0.4, 0.5) is 10.2 Å². The highest BCUT2D eigenvalue weighted by Crippen LogP contribution is 2.24. The second kappa shape index (κ2) is 5.66. The van der Waals surface area contributed by atoms with Crippen LogP contribution < -0.4 is 4.90 Å². The summed E-state index contributed by atoms with van der Waals surface area (Å²) in [7, 11) is 1.72. The molecule has 0 aliphatic heterocycles. The zero-order valence-electron chi connectivity index (χ0n) is 9.93. The molecule has 2 rings (SSSR count). The molecule has 0 bridgehead atoms. The van der Waals surface area contributed by atoms with Gasteiger partial charge in [-0.3, -0.25) is 0 Å². The van der Waals surface area contributed by atoms with E-state index >= 15 is 0 Å². The molecule has 0 aliphatic carbocycles. The van der Waals surface area contributed by atoms with E-state index in [2.05, 4.69) is 20.9 Å². The Balaban J connectivity index is 2.28. The van der Waals surface area contributed by atoms with Crippen LogP contribution in [0.1, 0.15) is 15.9 Å². The number of carboxylic acids is 1. The Labute approximate surface area is 121 Å². The number of pyridine rings is 1. The Kier molecular flexibility index (Phi) is 4.16. The molecule has 0 radical (unpaired) electrons. The predicted molar refractivity (Wildman–Crippen MR) is 75.3 cm³/mol. The summed E-state index contributed by atoms with van der Waals surface area (Å²) in [6.07, 6.45) is 1.02. The number of hydrogen-bond donors (Lipinski definition) is 1. The van der Waals surface area contributed by atoms with Crippen LogP contribution in [0.15, 0.2) is 27.5 Å². The van der Waals surface area contributed by atoms with E-state index in [9.17, 15) is 9.18 Å². The number of halogens is 2. The molecule has 0 spiro atoms. The lowest BCUT2D eigenvalue weighted by Crippen LogP contribution is -2.20. The molecule has 4 nitrogen and oxygen atoms in total. The van der Waals surface area contributed by atoms with E-state index in [1.807, 2.05) is 11.4 Å². The Bertz CT molecular complexity index is 618. The second-order valence-corrected chi connectivity index (χ2v) is 6.24. The van der Waals surface area contributed by atoms with Gasteiger partial charge >= 0.3 is 5.97 Å². The molecule has 0 atom stereocenters. The van der Waals surface area contributed by atoms with Crippen LogP contribution >= 0.6 is 27.3 Å². The number of nitrogens with zero attached hydrogens (tertiary/aromatic N) is 2. The van der Waals surface area contributed by atoms with Crippen molar-refractivity contribution in [1.29, 1.82) is 0 Å². The smallest absolute Gasteiger partial charge is 0.339 e. The summed E-state index contributed by atoms with van der Waals surface area (Å²) in [4.78, 5) is 16.6. The van der Waals surface area contributed by atoms with E-state index < -0.39 is 11.8 Å². The van der Waals surface area contributed by atoms with Gasteiger partial charge in [0.2, 0.25) is 0 Å². The molecular formula is C12H10BrFN2O2S. The maximum absolute atomic E-state index is 13.1. The van der Waals surface area contributed by atoms with Crippen molar-refractivity contribution >= 4 is 39.1 Å². The molecule has 19 heavy (non-hydrogen) atoms. The predicted octanol–water partition coefficient (Wildman–Crippen LogP) is 3.38. The third kappa shape index (κ3) is 3.30. The zero-order valence-corrected chi connectivity index (χ0v) is 12.3. The van der Waals surface area contributed by atoms with Crippen molar-refractivity contribution in [2.24, 2.45) is 0 Å². The molecule has 0 saturated carbocycles. The first-order valence-corrected chi connectivity index (χ1v) is 6.97. The Morgan fingerprint density at radius 1 is 1.58 bits per heavy atom. The monoisotopic (exact) mass is 344 g/mol. The van der Waals surface area contributed by atoms with Gasteiger partial charge in [0.25, 0.3) is 0 Å².